The van der Waals surface area contributed by atoms with Gasteiger partial charge >= 0.3 is 0 Å². The summed E-state index contributed by atoms with van der Waals surface area (Å²) < 4.78 is 25.3. The standard InChI is InChI=1S/C19H27N3O3S/c23-18(12-16-6-11-26(24,25)14-16)21-8-4-17(5-9-21)19-20-7-10-22(19)13-15-2-1-3-15/h6-7,10-11,15-17H,1-5,8-9,12-14H2. The first-order valence-electron chi connectivity index (χ1n) is 9.70. The lowest BCUT2D eigenvalue weighted by Gasteiger charge is -2.33. The molecule has 0 N–H and O–H groups in total. The number of hydrogen-bond acceptors (Lipinski definition) is 4. The Kier molecular flexibility index (Phi) is 4.90. The Balaban J connectivity index is 1.29. The van der Waals surface area contributed by atoms with Crippen LogP contribution in [0.2, 0.25) is 0 Å². The van der Waals surface area contributed by atoms with E-state index in [0.29, 0.717) is 12.3 Å². The highest BCUT2D eigenvalue weighted by Gasteiger charge is 2.30. The van der Waals surface area contributed by atoms with E-state index in [0.717, 1.165) is 38.4 Å². The van der Waals surface area contributed by atoms with Gasteiger partial charge in [0.05, 0.1) is 5.75 Å². The molecule has 1 aliphatic carbocycles. The van der Waals surface area contributed by atoms with Crippen molar-refractivity contribution in [1.82, 2.24) is 14.5 Å². The minimum atomic E-state index is -3.08. The molecule has 1 amide bonds. The van der Waals surface area contributed by atoms with E-state index in [2.05, 4.69) is 15.7 Å². The lowest BCUT2D eigenvalue weighted by atomic mass is 9.85. The molecule has 1 unspecified atom stereocenters. The number of aromatic nitrogens is 2. The number of nitrogens with zero attached hydrogens (tertiary/aromatic N) is 3. The number of carbonyl (C=O) groups is 1. The maximum atomic E-state index is 12.5. The molecule has 7 heteroatoms. The number of hydrogen-bond donors (Lipinski definition) is 0. The van der Waals surface area contributed by atoms with Gasteiger partial charge in [-0.15, -0.1) is 0 Å². The molecule has 0 aromatic carbocycles. The summed E-state index contributed by atoms with van der Waals surface area (Å²) in [4.78, 5) is 19.0. The molecule has 142 valence electrons. The van der Waals surface area contributed by atoms with Crippen LogP contribution in [0.3, 0.4) is 0 Å². The van der Waals surface area contributed by atoms with Crippen LogP contribution in [-0.2, 0) is 21.2 Å². The van der Waals surface area contributed by atoms with E-state index in [4.69, 9.17) is 0 Å². The van der Waals surface area contributed by atoms with E-state index in [9.17, 15) is 13.2 Å². The summed E-state index contributed by atoms with van der Waals surface area (Å²) in [5.41, 5.74) is 0. The zero-order valence-electron chi connectivity index (χ0n) is 15.1. The van der Waals surface area contributed by atoms with Crippen LogP contribution >= 0.6 is 0 Å². The van der Waals surface area contributed by atoms with Gasteiger partial charge in [0.2, 0.25) is 5.91 Å². The Morgan fingerprint density at radius 1 is 1.19 bits per heavy atom. The van der Waals surface area contributed by atoms with Crippen LogP contribution in [0.25, 0.3) is 0 Å². The predicted molar refractivity (Wildman–Crippen MR) is 99.2 cm³/mol. The van der Waals surface area contributed by atoms with Gasteiger partial charge in [0.25, 0.3) is 0 Å². The quantitative estimate of drug-likeness (QED) is 0.789. The smallest absolute Gasteiger partial charge is 0.223 e. The van der Waals surface area contributed by atoms with Gasteiger partial charge in [0.15, 0.2) is 9.84 Å². The number of imidazole rings is 1. The van der Waals surface area contributed by atoms with Gasteiger partial charge in [-0.1, -0.05) is 12.5 Å². The van der Waals surface area contributed by atoms with Crippen LogP contribution < -0.4 is 0 Å². The SMILES string of the molecule is O=C(CC1C=CS(=O)(=O)C1)N1CCC(c2nccn2CC2CCC2)CC1. The number of rotatable bonds is 5. The number of likely N-dealkylation sites (tertiary alicyclic amines) is 1. The molecular formula is C19H27N3O3S. The van der Waals surface area contributed by atoms with E-state index in [-0.39, 0.29) is 17.6 Å². The van der Waals surface area contributed by atoms with Crippen LogP contribution in [0.5, 0.6) is 0 Å². The molecule has 0 radical (unpaired) electrons. The summed E-state index contributed by atoms with van der Waals surface area (Å²) in [6, 6.07) is 0. The lowest BCUT2D eigenvalue weighted by Crippen LogP contribution is -2.39. The van der Waals surface area contributed by atoms with Crippen LogP contribution in [0, 0.1) is 11.8 Å². The van der Waals surface area contributed by atoms with Crippen molar-refractivity contribution in [2.75, 3.05) is 18.8 Å². The Morgan fingerprint density at radius 3 is 2.58 bits per heavy atom. The summed E-state index contributed by atoms with van der Waals surface area (Å²) >= 11 is 0. The van der Waals surface area contributed by atoms with Gasteiger partial charge in [-0.3, -0.25) is 4.79 Å². The molecule has 0 spiro atoms. The van der Waals surface area contributed by atoms with Crippen LogP contribution in [0.1, 0.15) is 50.3 Å². The molecule has 1 aromatic rings. The minimum Gasteiger partial charge on any atom is -0.343 e. The summed E-state index contributed by atoms with van der Waals surface area (Å²) in [5, 5.41) is 1.25. The van der Waals surface area contributed by atoms with Crippen molar-refractivity contribution < 1.29 is 13.2 Å². The van der Waals surface area contributed by atoms with Gasteiger partial charge in [-0.2, -0.15) is 0 Å². The van der Waals surface area contributed by atoms with Crippen molar-refractivity contribution in [3.63, 3.8) is 0 Å². The molecule has 1 atom stereocenters. The molecule has 26 heavy (non-hydrogen) atoms. The van der Waals surface area contributed by atoms with Crippen molar-refractivity contribution in [2.45, 2.75) is 51.0 Å². The van der Waals surface area contributed by atoms with Crippen LogP contribution in [-0.4, -0.2) is 47.6 Å². The maximum Gasteiger partial charge on any atom is 0.223 e. The first-order valence-corrected chi connectivity index (χ1v) is 11.4. The van der Waals surface area contributed by atoms with Gasteiger partial charge < -0.3 is 9.47 Å². The van der Waals surface area contributed by atoms with Gasteiger partial charge in [-0.05, 0) is 31.6 Å². The normalized spacial score (nSPS) is 26.2. The third-order valence-electron chi connectivity index (χ3n) is 6.08. The van der Waals surface area contributed by atoms with Crippen molar-refractivity contribution in [1.29, 1.82) is 0 Å². The number of piperidine rings is 1. The molecule has 3 heterocycles. The number of amides is 1. The average molecular weight is 378 g/mol. The van der Waals surface area contributed by atoms with E-state index >= 15 is 0 Å². The minimum absolute atomic E-state index is 0.0769. The maximum absolute atomic E-state index is 12.5. The molecule has 4 rings (SSSR count). The zero-order chi connectivity index (χ0) is 18.1. The van der Waals surface area contributed by atoms with Crippen molar-refractivity contribution in [3.8, 4) is 0 Å². The number of allylic oxidation sites excluding steroid dienone is 1. The van der Waals surface area contributed by atoms with Gasteiger partial charge in [-0.25, -0.2) is 13.4 Å². The molecule has 2 fully saturated rings. The lowest BCUT2D eigenvalue weighted by molar-refractivity contribution is -0.132. The van der Waals surface area contributed by atoms with E-state index < -0.39 is 9.84 Å². The highest BCUT2D eigenvalue weighted by Crippen LogP contribution is 2.32. The van der Waals surface area contributed by atoms with E-state index in [1.807, 2.05) is 11.1 Å². The molecule has 3 aliphatic rings. The van der Waals surface area contributed by atoms with E-state index in [1.165, 1.54) is 30.5 Å². The Labute approximate surface area is 155 Å². The third-order valence-corrected chi connectivity index (χ3v) is 7.55. The van der Waals surface area contributed by atoms with Crippen LogP contribution in [0.15, 0.2) is 23.9 Å². The van der Waals surface area contributed by atoms with Gasteiger partial charge in [0, 0.05) is 55.7 Å². The highest BCUT2D eigenvalue weighted by atomic mass is 32.2. The average Bonchev–Trinajstić information content (AvgIpc) is 3.17. The summed E-state index contributed by atoms with van der Waals surface area (Å²) in [5.74, 6) is 2.39. The second-order valence-electron chi connectivity index (χ2n) is 8.01. The Hall–Kier alpha value is -1.63. The molecule has 0 bridgehead atoms. The molecule has 6 nitrogen and oxygen atoms in total. The fraction of sp³-hybridized carbons (Fsp3) is 0.684. The summed E-state index contributed by atoms with van der Waals surface area (Å²) in [6.07, 6.45) is 11.8. The zero-order valence-corrected chi connectivity index (χ0v) is 15.9. The molecule has 1 aromatic heterocycles. The first kappa shape index (κ1) is 17.8. The highest BCUT2D eigenvalue weighted by molar-refractivity contribution is 7.94. The van der Waals surface area contributed by atoms with Crippen molar-refractivity contribution in [2.24, 2.45) is 11.8 Å². The fourth-order valence-electron chi connectivity index (χ4n) is 4.30. The second kappa shape index (κ2) is 7.18. The van der Waals surface area contributed by atoms with Crippen molar-refractivity contribution >= 4 is 15.7 Å². The molecule has 2 aliphatic heterocycles. The monoisotopic (exact) mass is 377 g/mol. The topological polar surface area (TPSA) is 72.3 Å². The summed E-state index contributed by atoms with van der Waals surface area (Å²) in [7, 11) is -3.08. The number of sulfone groups is 1. The van der Waals surface area contributed by atoms with Crippen LogP contribution in [0.4, 0.5) is 0 Å². The fourth-order valence-corrected chi connectivity index (χ4v) is 5.69. The largest absolute Gasteiger partial charge is 0.343 e. The first-order chi connectivity index (χ1) is 12.5. The van der Waals surface area contributed by atoms with Gasteiger partial charge in [0.1, 0.15) is 5.82 Å². The molecule has 1 saturated heterocycles. The molecular weight excluding hydrogens is 350 g/mol. The van der Waals surface area contributed by atoms with Crippen molar-refractivity contribution in [3.05, 3.63) is 29.7 Å². The summed E-state index contributed by atoms with van der Waals surface area (Å²) in [6.45, 7) is 2.56. The Morgan fingerprint density at radius 2 is 1.96 bits per heavy atom. The Bertz CT molecular complexity index is 787. The molecule has 1 saturated carbocycles. The van der Waals surface area contributed by atoms with E-state index in [1.54, 1.807) is 6.08 Å². The number of carbonyl (C=O) groups excluding carboxylic acids is 1. The third kappa shape index (κ3) is 3.87. The predicted octanol–water partition coefficient (Wildman–Crippen LogP) is 2.34. The second-order valence-corrected chi connectivity index (χ2v) is 9.94.